The Morgan fingerprint density at radius 1 is 1.43 bits per heavy atom. The number of carbonyl (C=O) groups is 3. The van der Waals surface area contributed by atoms with E-state index in [0.29, 0.717) is 25.3 Å². The third-order valence-electron chi connectivity index (χ3n) is 4.56. The summed E-state index contributed by atoms with van der Waals surface area (Å²) in [5, 5.41) is 7.47. The van der Waals surface area contributed by atoms with Gasteiger partial charge in [0.15, 0.2) is 0 Å². The van der Waals surface area contributed by atoms with Gasteiger partial charge in [0.2, 0.25) is 5.91 Å². The fraction of sp³-hybridized carbons (Fsp3) is 0.643. The SMILES string of the molecule is CC1CCC2(CC1)NC(=O)N(NC(=O)CCn1cncn1)C2=O. The fourth-order valence-corrected chi connectivity index (χ4v) is 3.06. The lowest BCUT2D eigenvalue weighted by atomic mass is 9.77. The van der Waals surface area contributed by atoms with Crippen LogP contribution in [0.15, 0.2) is 12.7 Å². The van der Waals surface area contributed by atoms with E-state index in [1.807, 2.05) is 0 Å². The van der Waals surface area contributed by atoms with E-state index in [0.717, 1.165) is 17.9 Å². The van der Waals surface area contributed by atoms with Crippen LogP contribution in [0.1, 0.15) is 39.0 Å². The van der Waals surface area contributed by atoms with E-state index in [1.165, 1.54) is 17.3 Å². The van der Waals surface area contributed by atoms with Gasteiger partial charge in [0.05, 0.1) is 6.54 Å². The number of hydrogen-bond acceptors (Lipinski definition) is 5. The zero-order chi connectivity index (χ0) is 16.4. The van der Waals surface area contributed by atoms with E-state index in [4.69, 9.17) is 0 Å². The summed E-state index contributed by atoms with van der Waals surface area (Å²) in [6, 6.07) is -0.557. The Hall–Kier alpha value is -2.45. The summed E-state index contributed by atoms with van der Waals surface area (Å²) in [7, 11) is 0. The lowest BCUT2D eigenvalue weighted by molar-refractivity contribution is -0.140. The molecule has 0 unspecified atom stereocenters. The van der Waals surface area contributed by atoms with Gasteiger partial charge in [-0.2, -0.15) is 10.1 Å². The summed E-state index contributed by atoms with van der Waals surface area (Å²) in [5.41, 5.74) is 1.55. The van der Waals surface area contributed by atoms with Crippen molar-refractivity contribution in [1.82, 2.24) is 30.5 Å². The third-order valence-corrected chi connectivity index (χ3v) is 4.56. The van der Waals surface area contributed by atoms with Crippen LogP contribution in [0.25, 0.3) is 0 Å². The monoisotopic (exact) mass is 320 g/mol. The summed E-state index contributed by atoms with van der Waals surface area (Å²) < 4.78 is 1.51. The average molecular weight is 320 g/mol. The quantitative estimate of drug-likeness (QED) is 0.770. The molecule has 1 spiro atoms. The molecule has 2 aliphatic rings. The molecule has 124 valence electrons. The Bertz CT molecular complexity index is 606. The standard InChI is InChI=1S/C14H20N6O3/c1-10-2-5-14(6-3-10)12(22)20(13(23)17-14)18-11(21)4-7-19-9-15-8-16-19/h8-10H,2-7H2,1H3,(H,17,23)(H,18,21). The Kier molecular flexibility index (Phi) is 4.01. The second kappa shape index (κ2) is 5.98. The van der Waals surface area contributed by atoms with Crippen LogP contribution in [0, 0.1) is 5.92 Å². The van der Waals surface area contributed by atoms with Crippen molar-refractivity contribution in [3.8, 4) is 0 Å². The maximum Gasteiger partial charge on any atom is 0.344 e. The lowest BCUT2D eigenvalue weighted by Gasteiger charge is -2.33. The maximum atomic E-state index is 12.6. The van der Waals surface area contributed by atoms with E-state index < -0.39 is 17.5 Å². The summed E-state index contributed by atoms with van der Waals surface area (Å²) in [5.74, 6) is -0.217. The van der Waals surface area contributed by atoms with Crippen molar-refractivity contribution < 1.29 is 14.4 Å². The van der Waals surface area contributed by atoms with Crippen molar-refractivity contribution in [2.75, 3.05) is 0 Å². The summed E-state index contributed by atoms with van der Waals surface area (Å²) in [6.45, 7) is 2.47. The van der Waals surface area contributed by atoms with Gasteiger partial charge in [-0.3, -0.25) is 19.7 Å². The van der Waals surface area contributed by atoms with Crippen LogP contribution in [0.5, 0.6) is 0 Å². The summed E-state index contributed by atoms with van der Waals surface area (Å²) >= 11 is 0. The Morgan fingerprint density at radius 3 is 2.83 bits per heavy atom. The number of aryl methyl sites for hydroxylation is 1. The van der Waals surface area contributed by atoms with Gasteiger partial charge in [-0.25, -0.2) is 9.78 Å². The molecule has 0 aromatic carbocycles. The highest BCUT2D eigenvalue weighted by Gasteiger charge is 2.52. The largest absolute Gasteiger partial charge is 0.344 e. The van der Waals surface area contributed by atoms with E-state index >= 15 is 0 Å². The molecule has 0 bridgehead atoms. The van der Waals surface area contributed by atoms with Crippen molar-refractivity contribution in [3.05, 3.63) is 12.7 Å². The van der Waals surface area contributed by atoms with Crippen molar-refractivity contribution in [2.24, 2.45) is 5.92 Å². The van der Waals surface area contributed by atoms with E-state index in [1.54, 1.807) is 0 Å². The lowest BCUT2D eigenvalue weighted by Crippen LogP contribution is -2.51. The van der Waals surface area contributed by atoms with Crippen LogP contribution in [0.2, 0.25) is 0 Å². The first-order chi connectivity index (χ1) is 11.0. The smallest absolute Gasteiger partial charge is 0.322 e. The number of hydrazine groups is 1. The van der Waals surface area contributed by atoms with Gasteiger partial charge in [0.1, 0.15) is 18.2 Å². The molecule has 1 saturated carbocycles. The highest BCUT2D eigenvalue weighted by Crippen LogP contribution is 2.35. The molecule has 1 aliphatic carbocycles. The number of nitrogens with zero attached hydrogens (tertiary/aromatic N) is 4. The predicted octanol–water partition coefficient (Wildman–Crippen LogP) is 0.200. The molecule has 1 aromatic rings. The van der Waals surface area contributed by atoms with Crippen molar-refractivity contribution >= 4 is 17.8 Å². The fourth-order valence-electron chi connectivity index (χ4n) is 3.06. The van der Waals surface area contributed by atoms with Gasteiger partial charge in [-0.15, -0.1) is 0 Å². The summed E-state index contributed by atoms with van der Waals surface area (Å²) in [6.07, 6.45) is 5.99. The van der Waals surface area contributed by atoms with Gasteiger partial charge in [-0.05, 0) is 31.6 Å². The van der Waals surface area contributed by atoms with E-state index in [-0.39, 0.29) is 12.3 Å². The minimum absolute atomic E-state index is 0.102. The van der Waals surface area contributed by atoms with Crippen molar-refractivity contribution in [3.63, 3.8) is 0 Å². The molecule has 2 fully saturated rings. The summed E-state index contributed by atoms with van der Waals surface area (Å²) in [4.78, 5) is 40.4. The molecule has 1 aromatic heterocycles. The van der Waals surface area contributed by atoms with Gasteiger partial charge in [0.25, 0.3) is 5.91 Å². The average Bonchev–Trinajstić information content (AvgIpc) is 3.12. The highest BCUT2D eigenvalue weighted by atomic mass is 16.2. The second-order valence-electron chi connectivity index (χ2n) is 6.28. The Morgan fingerprint density at radius 2 is 2.17 bits per heavy atom. The number of urea groups is 1. The third kappa shape index (κ3) is 3.03. The van der Waals surface area contributed by atoms with Crippen molar-refractivity contribution in [2.45, 2.75) is 51.1 Å². The zero-order valence-electron chi connectivity index (χ0n) is 13.0. The first-order valence-electron chi connectivity index (χ1n) is 7.79. The highest BCUT2D eigenvalue weighted by molar-refractivity contribution is 6.07. The number of nitrogens with one attached hydrogen (secondary N) is 2. The topological polar surface area (TPSA) is 109 Å². The van der Waals surface area contributed by atoms with Crippen LogP contribution in [0.4, 0.5) is 4.79 Å². The normalized spacial score (nSPS) is 27.3. The number of hydrogen-bond donors (Lipinski definition) is 2. The molecule has 2 N–H and O–H groups in total. The molecule has 0 atom stereocenters. The predicted molar refractivity (Wildman–Crippen MR) is 78.5 cm³/mol. The molecule has 9 heteroatoms. The van der Waals surface area contributed by atoms with Gasteiger partial charge < -0.3 is 5.32 Å². The molecular formula is C14H20N6O3. The minimum atomic E-state index is -0.844. The van der Waals surface area contributed by atoms with Gasteiger partial charge in [-0.1, -0.05) is 6.92 Å². The number of rotatable bonds is 4. The van der Waals surface area contributed by atoms with Crippen LogP contribution in [-0.4, -0.2) is 43.2 Å². The number of carbonyl (C=O) groups excluding carboxylic acids is 3. The molecule has 23 heavy (non-hydrogen) atoms. The second-order valence-corrected chi connectivity index (χ2v) is 6.28. The van der Waals surface area contributed by atoms with Crippen LogP contribution in [-0.2, 0) is 16.1 Å². The maximum absolute atomic E-state index is 12.6. The first kappa shape index (κ1) is 15.4. The number of imide groups is 1. The Balaban J connectivity index is 1.58. The van der Waals surface area contributed by atoms with Crippen LogP contribution < -0.4 is 10.7 Å². The van der Waals surface area contributed by atoms with Gasteiger partial charge in [0, 0.05) is 6.42 Å². The number of aromatic nitrogens is 3. The molecule has 3 rings (SSSR count). The molecule has 0 radical (unpaired) electrons. The molecule has 2 heterocycles. The molecule has 1 saturated heterocycles. The molecule has 4 amide bonds. The van der Waals surface area contributed by atoms with E-state index in [9.17, 15) is 14.4 Å². The van der Waals surface area contributed by atoms with Crippen molar-refractivity contribution in [1.29, 1.82) is 0 Å². The zero-order valence-corrected chi connectivity index (χ0v) is 13.0. The number of amides is 4. The molecule has 1 aliphatic heterocycles. The van der Waals surface area contributed by atoms with E-state index in [2.05, 4.69) is 27.7 Å². The minimum Gasteiger partial charge on any atom is -0.322 e. The Labute approximate surface area is 133 Å². The van der Waals surface area contributed by atoms with Crippen LogP contribution in [0.3, 0.4) is 0 Å². The first-order valence-corrected chi connectivity index (χ1v) is 7.79. The van der Waals surface area contributed by atoms with Crippen LogP contribution >= 0.6 is 0 Å². The molecular weight excluding hydrogens is 300 g/mol. The van der Waals surface area contributed by atoms with Gasteiger partial charge >= 0.3 is 6.03 Å². The molecule has 9 nitrogen and oxygen atoms in total.